The van der Waals surface area contributed by atoms with Gasteiger partial charge in [0.2, 0.25) is 0 Å². The predicted octanol–water partition coefficient (Wildman–Crippen LogP) is 2.78. The molecule has 0 amide bonds. The van der Waals surface area contributed by atoms with Gasteiger partial charge in [-0.3, -0.25) is 0 Å². The Labute approximate surface area is 78.8 Å². The summed E-state index contributed by atoms with van der Waals surface area (Å²) in [6.07, 6.45) is 7.22. The van der Waals surface area contributed by atoms with Crippen molar-refractivity contribution in [3.05, 3.63) is 23.5 Å². The number of aromatic nitrogens is 1. The Bertz CT molecular complexity index is 337. The Hall–Kier alpha value is -1.23. The SMILES string of the molecule is Cc1cc(C#N)cn1C1CCCC1. The molecule has 1 aliphatic rings. The fourth-order valence-electron chi connectivity index (χ4n) is 2.23. The summed E-state index contributed by atoms with van der Waals surface area (Å²) in [6.45, 7) is 2.08. The van der Waals surface area contributed by atoms with Crippen LogP contribution in [0.5, 0.6) is 0 Å². The molecule has 0 unspecified atom stereocenters. The summed E-state index contributed by atoms with van der Waals surface area (Å²) in [6, 6.07) is 4.82. The molecule has 0 bridgehead atoms. The summed E-state index contributed by atoms with van der Waals surface area (Å²) in [7, 11) is 0. The maximum Gasteiger partial charge on any atom is 0.101 e. The van der Waals surface area contributed by atoms with Crippen LogP contribution in [-0.4, -0.2) is 4.57 Å². The van der Waals surface area contributed by atoms with Crippen LogP contribution < -0.4 is 0 Å². The topological polar surface area (TPSA) is 28.7 Å². The summed E-state index contributed by atoms with van der Waals surface area (Å²) in [4.78, 5) is 0. The van der Waals surface area contributed by atoms with Gasteiger partial charge in [-0.05, 0) is 25.8 Å². The number of nitriles is 1. The summed E-state index contributed by atoms with van der Waals surface area (Å²) < 4.78 is 2.27. The molecule has 0 aliphatic heterocycles. The van der Waals surface area contributed by atoms with E-state index in [9.17, 15) is 0 Å². The predicted molar refractivity (Wildman–Crippen MR) is 51.4 cm³/mol. The van der Waals surface area contributed by atoms with Gasteiger partial charge in [0.1, 0.15) is 6.07 Å². The zero-order valence-corrected chi connectivity index (χ0v) is 7.95. The molecule has 1 aromatic heterocycles. The lowest BCUT2D eigenvalue weighted by atomic mass is 10.2. The van der Waals surface area contributed by atoms with Crippen molar-refractivity contribution in [2.75, 3.05) is 0 Å². The second-order valence-corrected chi connectivity index (χ2v) is 3.83. The lowest BCUT2D eigenvalue weighted by Gasteiger charge is -2.13. The Kier molecular flexibility index (Phi) is 2.10. The average Bonchev–Trinajstić information content (AvgIpc) is 2.72. The van der Waals surface area contributed by atoms with E-state index in [0.717, 1.165) is 5.56 Å². The molecular formula is C11H14N2. The van der Waals surface area contributed by atoms with Crippen LogP contribution in [0.3, 0.4) is 0 Å². The van der Waals surface area contributed by atoms with Crippen LogP contribution >= 0.6 is 0 Å². The van der Waals surface area contributed by atoms with Crippen molar-refractivity contribution in [1.29, 1.82) is 5.26 Å². The molecule has 2 nitrogen and oxygen atoms in total. The van der Waals surface area contributed by atoms with Crippen LogP contribution in [0.1, 0.15) is 43.0 Å². The van der Waals surface area contributed by atoms with Gasteiger partial charge in [-0.2, -0.15) is 5.26 Å². The second-order valence-electron chi connectivity index (χ2n) is 3.83. The van der Waals surface area contributed by atoms with Crippen LogP contribution in [0, 0.1) is 18.3 Å². The highest BCUT2D eigenvalue weighted by Gasteiger charge is 2.17. The van der Waals surface area contributed by atoms with Crippen molar-refractivity contribution in [3.63, 3.8) is 0 Å². The number of aryl methyl sites for hydroxylation is 1. The Morgan fingerprint density at radius 1 is 1.46 bits per heavy atom. The van der Waals surface area contributed by atoms with Crippen molar-refractivity contribution in [3.8, 4) is 6.07 Å². The van der Waals surface area contributed by atoms with Crippen molar-refractivity contribution in [2.45, 2.75) is 38.6 Å². The quantitative estimate of drug-likeness (QED) is 0.643. The molecule has 1 aliphatic carbocycles. The minimum absolute atomic E-state index is 0.655. The van der Waals surface area contributed by atoms with E-state index in [-0.39, 0.29) is 0 Å². The van der Waals surface area contributed by atoms with E-state index >= 15 is 0 Å². The standard InChI is InChI=1S/C11H14N2/c1-9-6-10(7-12)8-13(9)11-4-2-3-5-11/h6,8,11H,2-5H2,1H3. The molecule has 0 spiro atoms. The highest BCUT2D eigenvalue weighted by atomic mass is 15.0. The maximum atomic E-state index is 8.75. The maximum absolute atomic E-state index is 8.75. The molecule has 1 heterocycles. The van der Waals surface area contributed by atoms with Gasteiger partial charge in [0.05, 0.1) is 5.56 Å². The van der Waals surface area contributed by atoms with E-state index in [1.165, 1.54) is 31.4 Å². The highest BCUT2D eigenvalue weighted by Crippen LogP contribution is 2.31. The molecule has 2 heteroatoms. The summed E-state index contributed by atoms with van der Waals surface area (Å²) in [5.41, 5.74) is 2.02. The molecule has 0 atom stereocenters. The summed E-state index contributed by atoms with van der Waals surface area (Å²) >= 11 is 0. The van der Waals surface area contributed by atoms with Gasteiger partial charge >= 0.3 is 0 Å². The lowest BCUT2D eigenvalue weighted by Crippen LogP contribution is -2.04. The largest absolute Gasteiger partial charge is 0.347 e. The second kappa shape index (κ2) is 3.26. The molecule has 0 aromatic carbocycles. The van der Waals surface area contributed by atoms with Crippen LogP contribution in [-0.2, 0) is 0 Å². The monoisotopic (exact) mass is 174 g/mol. The highest BCUT2D eigenvalue weighted by molar-refractivity contribution is 5.30. The van der Waals surface area contributed by atoms with E-state index in [1.54, 1.807) is 0 Å². The molecule has 0 radical (unpaired) electrons. The first-order chi connectivity index (χ1) is 6.31. The fraction of sp³-hybridized carbons (Fsp3) is 0.545. The van der Waals surface area contributed by atoms with Crippen molar-refractivity contribution in [1.82, 2.24) is 4.57 Å². The van der Waals surface area contributed by atoms with Crippen LogP contribution in [0.2, 0.25) is 0 Å². The molecule has 0 saturated heterocycles. The third kappa shape index (κ3) is 1.47. The lowest BCUT2D eigenvalue weighted by molar-refractivity contribution is 0.510. The molecule has 13 heavy (non-hydrogen) atoms. The zero-order chi connectivity index (χ0) is 9.26. The summed E-state index contributed by atoms with van der Waals surface area (Å²) in [5, 5.41) is 8.75. The van der Waals surface area contributed by atoms with E-state index in [1.807, 2.05) is 12.3 Å². The number of hydrogen-bond acceptors (Lipinski definition) is 1. The van der Waals surface area contributed by atoms with Crippen LogP contribution in [0.4, 0.5) is 0 Å². The third-order valence-electron chi connectivity index (χ3n) is 2.90. The van der Waals surface area contributed by atoms with Crippen molar-refractivity contribution < 1.29 is 0 Å². The minimum atomic E-state index is 0.655. The average molecular weight is 174 g/mol. The molecule has 1 aromatic rings. The van der Waals surface area contributed by atoms with Crippen molar-refractivity contribution in [2.24, 2.45) is 0 Å². The normalized spacial score (nSPS) is 17.5. The first-order valence-electron chi connectivity index (χ1n) is 4.90. The fourth-order valence-corrected chi connectivity index (χ4v) is 2.23. The molecule has 68 valence electrons. The Morgan fingerprint density at radius 2 is 2.15 bits per heavy atom. The van der Waals surface area contributed by atoms with Gasteiger partial charge in [-0.25, -0.2) is 0 Å². The minimum Gasteiger partial charge on any atom is -0.347 e. The third-order valence-corrected chi connectivity index (χ3v) is 2.90. The smallest absolute Gasteiger partial charge is 0.101 e. The van der Waals surface area contributed by atoms with Gasteiger partial charge < -0.3 is 4.57 Å². The van der Waals surface area contributed by atoms with Gasteiger partial charge in [0, 0.05) is 17.9 Å². The van der Waals surface area contributed by atoms with Gasteiger partial charge in [0.25, 0.3) is 0 Å². The zero-order valence-electron chi connectivity index (χ0n) is 7.95. The Morgan fingerprint density at radius 3 is 2.69 bits per heavy atom. The van der Waals surface area contributed by atoms with Gasteiger partial charge in [-0.15, -0.1) is 0 Å². The first kappa shape index (κ1) is 8.37. The summed E-state index contributed by atoms with van der Waals surface area (Å²) in [5.74, 6) is 0. The first-order valence-corrected chi connectivity index (χ1v) is 4.90. The van der Waals surface area contributed by atoms with E-state index < -0.39 is 0 Å². The molecular weight excluding hydrogens is 160 g/mol. The van der Waals surface area contributed by atoms with Crippen LogP contribution in [0.15, 0.2) is 12.3 Å². The number of nitrogens with zero attached hydrogens (tertiary/aromatic N) is 2. The number of rotatable bonds is 1. The molecule has 2 rings (SSSR count). The Balaban J connectivity index is 2.29. The van der Waals surface area contributed by atoms with E-state index in [2.05, 4.69) is 17.6 Å². The van der Waals surface area contributed by atoms with Gasteiger partial charge in [0.15, 0.2) is 0 Å². The number of hydrogen-bond donors (Lipinski definition) is 0. The van der Waals surface area contributed by atoms with Gasteiger partial charge in [-0.1, -0.05) is 12.8 Å². The van der Waals surface area contributed by atoms with E-state index in [0.29, 0.717) is 6.04 Å². The molecule has 0 N–H and O–H groups in total. The molecule has 1 fully saturated rings. The van der Waals surface area contributed by atoms with Crippen molar-refractivity contribution >= 4 is 0 Å². The van der Waals surface area contributed by atoms with E-state index in [4.69, 9.17) is 5.26 Å². The molecule has 1 saturated carbocycles. The van der Waals surface area contributed by atoms with Crippen LogP contribution in [0.25, 0.3) is 0 Å².